The maximum Gasteiger partial charge on any atom is 0.165 e. The van der Waals surface area contributed by atoms with Gasteiger partial charge in [0, 0.05) is 5.41 Å². The summed E-state index contributed by atoms with van der Waals surface area (Å²) in [6.45, 7) is 2.21. The molecule has 3 aliphatic carbocycles. The van der Waals surface area contributed by atoms with Gasteiger partial charge in [0.2, 0.25) is 0 Å². The first-order chi connectivity index (χ1) is 11.0. The minimum absolute atomic E-state index is 0.144. The second-order valence-corrected chi connectivity index (χ2v) is 7.87. The van der Waals surface area contributed by atoms with Crippen molar-refractivity contribution in [3.8, 4) is 18.1 Å². The molecule has 2 saturated carbocycles. The lowest BCUT2D eigenvalue weighted by molar-refractivity contribution is -0.137. The largest absolute Gasteiger partial charge is 0.377 e. The molecule has 2 N–H and O–H groups in total. The summed E-state index contributed by atoms with van der Waals surface area (Å²) in [5.41, 5.74) is 1.62. The minimum atomic E-state index is -0.933. The molecule has 3 heteroatoms. The van der Waals surface area contributed by atoms with E-state index in [1.165, 1.54) is 11.1 Å². The van der Waals surface area contributed by atoms with Gasteiger partial charge in [0.25, 0.3) is 0 Å². The first kappa shape index (κ1) is 15.1. The van der Waals surface area contributed by atoms with Crippen LogP contribution in [0.15, 0.2) is 18.2 Å². The van der Waals surface area contributed by atoms with Gasteiger partial charge in [0.1, 0.15) is 5.60 Å². The summed E-state index contributed by atoms with van der Waals surface area (Å²) < 4.78 is 0. The monoisotopic (exact) mass is 312 g/mol. The van der Waals surface area contributed by atoms with E-state index in [4.69, 9.17) is 11.7 Å². The van der Waals surface area contributed by atoms with Crippen molar-refractivity contribution in [3.63, 3.8) is 0 Å². The molecule has 2 fully saturated rings. The molecule has 0 radical (unpaired) electrons. The van der Waals surface area contributed by atoms with Crippen LogP contribution in [0.1, 0.15) is 56.1 Å². The van der Waals surface area contributed by atoms with Gasteiger partial charge < -0.3 is 9.99 Å². The summed E-state index contributed by atoms with van der Waals surface area (Å²) in [5, 5.41) is 19.8. The lowest BCUT2D eigenvalue weighted by Crippen LogP contribution is -2.50. The van der Waals surface area contributed by atoms with Crippen LogP contribution in [0.25, 0.3) is 0 Å². The predicted molar refractivity (Wildman–Crippen MR) is 88.1 cm³/mol. The Hall–Kier alpha value is -1.50. The topological polar surface area (TPSA) is 49.7 Å². The summed E-state index contributed by atoms with van der Waals surface area (Å²) >= 11 is 0. The number of aliphatic hydroxyl groups is 1. The number of hydrogen-bond donors (Lipinski definition) is 2. The summed E-state index contributed by atoms with van der Waals surface area (Å²) in [7, 11) is 0. The molecular weight excluding hydrogens is 288 g/mol. The van der Waals surface area contributed by atoms with Crippen molar-refractivity contribution < 1.29 is 15.3 Å². The van der Waals surface area contributed by atoms with Crippen LogP contribution in [0.4, 0.5) is 0 Å². The van der Waals surface area contributed by atoms with Crippen LogP contribution in [0.5, 0.6) is 5.75 Å². The maximum absolute atomic E-state index is 10.9. The highest BCUT2D eigenvalue weighted by Gasteiger charge is 2.61. The molecule has 1 aromatic carbocycles. The van der Waals surface area contributed by atoms with E-state index in [2.05, 4.69) is 23.8 Å². The standard InChI is InChI=1S/C20H24O3/c1-3-20(21)11-9-18-17-6-4-13-12-14(23-22)5-7-15(13)16(17)8-10-19(18,20)2/h1,5,7,12,16-18,21-22H,4,6,8-11H2,2H3/t16-,17-,18+,19+,20+/m1/s1. The molecule has 0 bridgehead atoms. The van der Waals surface area contributed by atoms with Crippen molar-refractivity contribution in [3.05, 3.63) is 29.3 Å². The SMILES string of the molecule is C#C[C@]1(O)CC[C@H]2[C@@H]3CCc4cc(OO)ccc4[C@H]3CC[C@@]21C. The molecule has 3 aliphatic rings. The summed E-state index contributed by atoms with van der Waals surface area (Å²) in [5.74, 6) is 4.89. The van der Waals surface area contributed by atoms with Crippen LogP contribution in [-0.4, -0.2) is 16.0 Å². The van der Waals surface area contributed by atoms with Gasteiger partial charge in [-0.05, 0) is 79.5 Å². The Morgan fingerprint density at radius 3 is 2.83 bits per heavy atom. The molecule has 4 rings (SSSR count). The highest BCUT2D eigenvalue weighted by Crippen LogP contribution is 2.64. The van der Waals surface area contributed by atoms with Crippen molar-refractivity contribution in [1.82, 2.24) is 0 Å². The summed E-state index contributed by atoms with van der Waals surface area (Å²) in [6, 6.07) is 5.93. The van der Waals surface area contributed by atoms with Gasteiger partial charge in [-0.3, -0.25) is 0 Å². The average molecular weight is 312 g/mol. The average Bonchev–Trinajstić information content (AvgIpc) is 2.86. The second kappa shape index (κ2) is 5.00. The number of aryl methyl sites for hydroxylation is 1. The zero-order valence-electron chi connectivity index (χ0n) is 13.6. The van der Waals surface area contributed by atoms with Crippen LogP contribution in [0.2, 0.25) is 0 Å². The van der Waals surface area contributed by atoms with Crippen molar-refractivity contribution in [2.75, 3.05) is 0 Å². The number of rotatable bonds is 1. The van der Waals surface area contributed by atoms with Crippen LogP contribution >= 0.6 is 0 Å². The Kier molecular flexibility index (Phi) is 3.27. The van der Waals surface area contributed by atoms with Gasteiger partial charge >= 0.3 is 0 Å². The third kappa shape index (κ3) is 1.92. The Bertz CT molecular complexity index is 676. The van der Waals surface area contributed by atoms with Gasteiger partial charge in [-0.2, -0.15) is 0 Å². The number of terminal acetylenes is 1. The Balaban J connectivity index is 1.70. The van der Waals surface area contributed by atoms with Crippen molar-refractivity contribution in [2.24, 2.45) is 17.3 Å². The number of benzene rings is 1. The fraction of sp³-hybridized carbons (Fsp3) is 0.600. The molecule has 0 spiro atoms. The zero-order valence-corrected chi connectivity index (χ0v) is 13.6. The zero-order chi connectivity index (χ0) is 16.2. The molecule has 0 heterocycles. The molecule has 23 heavy (non-hydrogen) atoms. The molecule has 3 nitrogen and oxygen atoms in total. The quantitative estimate of drug-likeness (QED) is 0.471. The molecule has 5 atom stereocenters. The summed E-state index contributed by atoms with van der Waals surface area (Å²) in [6.07, 6.45) is 11.7. The predicted octanol–water partition coefficient (Wildman–Crippen LogP) is 3.76. The summed E-state index contributed by atoms with van der Waals surface area (Å²) in [4.78, 5) is 4.39. The Morgan fingerprint density at radius 1 is 1.26 bits per heavy atom. The molecule has 122 valence electrons. The molecule has 0 amide bonds. The van der Waals surface area contributed by atoms with Crippen molar-refractivity contribution in [2.45, 2.75) is 57.0 Å². The van der Waals surface area contributed by atoms with E-state index in [0.717, 1.165) is 38.5 Å². The van der Waals surface area contributed by atoms with Crippen molar-refractivity contribution >= 4 is 0 Å². The molecule has 0 aromatic heterocycles. The van der Waals surface area contributed by atoms with Gasteiger partial charge in [-0.15, -0.1) is 6.42 Å². The highest BCUT2D eigenvalue weighted by atomic mass is 17.1. The molecule has 1 aromatic rings. The van der Waals surface area contributed by atoms with Gasteiger partial charge in [0.05, 0.1) is 0 Å². The fourth-order valence-electron chi connectivity index (χ4n) is 5.87. The van der Waals surface area contributed by atoms with E-state index in [1.807, 2.05) is 12.1 Å². The van der Waals surface area contributed by atoms with E-state index in [1.54, 1.807) is 0 Å². The Labute approximate surface area is 137 Å². The lowest BCUT2D eigenvalue weighted by atomic mass is 9.53. The maximum atomic E-state index is 10.9. The van der Waals surface area contributed by atoms with Gasteiger partial charge in [0.15, 0.2) is 5.75 Å². The lowest BCUT2D eigenvalue weighted by Gasteiger charge is -2.52. The van der Waals surface area contributed by atoms with Crippen LogP contribution in [-0.2, 0) is 6.42 Å². The van der Waals surface area contributed by atoms with E-state index in [0.29, 0.717) is 23.5 Å². The first-order valence-corrected chi connectivity index (χ1v) is 8.67. The van der Waals surface area contributed by atoms with Crippen LogP contribution in [0.3, 0.4) is 0 Å². The molecule has 0 saturated heterocycles. The van der Waals surface area contributed by atoms with Gasteiger partial charge in [-0.1, -0.05) is 18.9 Å². The van der Waals surface area contributed by atoms with Crippen LogP contribution in [0, 0.1) is 29.6 Å². The third-order valence-electron chi connectivity index (χ3n) is 7.19. The number of hydrogen-bond acceptors (Lipinski definition) is 3. The fourth-order valence-corrected chi connectivity index (χ4v) is 5.87. The van der Waals surface area contributed by atoms with E-state index < -0.39 is 5.60 Å². The smallest absolute Gasteiger partial charge is 0.165 e. The molecule has 0 aliphatic heterocycles. The highest BCUT2D eigenvalue weighted by molar-refractivity contribution is 5.41. The van der Waals surface area contributed by atoms with Crippen molar-refractivity contribution in [1.29, 1.82) is 0 Å². The molecule has 0 unspecified atom stereocenters. The minimum Gasteiger partial charge on any atom is -0.377 e. The van der Waals surface area contributed by atoms with E-state index >= 15 is 0 Å². The second-order valence-electron chi connectivity index (χ2n) is 7.87. The van der Waals surface area contributed by atoms with E-state index in [9.17, 15) is 5.11 Å². The third-order valence-corrected chi connectivity index (χ3v) is 7.19. The van der Waals surface area contributed by atoms with Crippen LogP contribution < -0.4 is 4.89 Å². The van der Waals surface area contributed by atoms with Gasteiger partial charge in [-0.25, -0.2) is 5.26 Å². The normalized spacial score (nSPS) is 41.4. The number of fused-ring (bicyclic) bond motifs is 5. The first-order valence-electron chi connectivity index (χ1n) is 8.67. The molecular formula is C20H24O3. The van der Waals surface area contributed by atoms with E-state index in [-0.39, 0.29) is 5.41 Å². The Morgan fingerprint density at radius 2 is 2.09 bits per heavy atom.